The number of benzene rings is 2. The van der Waals surface area contributed by atoms with Crippen molar-refractivity contribution in [1.29, 1.82) is 0 Å². The smallest absolute Gasteiger partial charge is 0.239 e. The molecule has 1 N–H and O–H groups in total. The minimum Gasteiger partial charge on any atom is -0.494 e. The molecule has 1 aliphatic rings. The highest BCUT2D eigenvalue weighted by atomic mass is 16.5. The van der Waals surface area contributed by atoms with E-state index in [0.29, 0.717) is 26.1 Å². The van der Waals surface area contributed by atoms with Gasteiger partial charge in [0.1, 0.15) is 11.7 Å². The Labute approximate surface area is 173 Å². The highest BCUT2D eigenvalue weighted by Crippen LogP contribution is 2.26. The number of aryl methyl sites for hydroxylation is 1. The first-order chi connectivity index (χ1) is 14.1. The summed E-state index contributed by atoms with van der Waals surface area (Å²) >= 11 is 0. The second-order valence-corrected chi connectivity index (χ2v) is 7.41. The summed E-state index contributed by atoms with van der Waals surface area (Å²) in [6.07, 6.45) is 3.65. The average Bonchev–Trinajstić information content (AvgIpc) is 3.14. The number of unbranched alkanes of at least 4 members (excludes halogenated alkanes) is 1. The van der Waals surface area contributed by atoms with E-state index in [1.165, 1.54) is 5.56 Å². The molecular formula is C24H30N2O3. The van der Waals surface area contributed by atoms with Crippen molar-refractivity contribution in [1.82, 2.24) is 5.32 Å². The number of nitrogens with one attached hydrogen (secondary N) is 1. The van der Waals surface area contributed by atoms with E-state index < -0.39 is 5.92 Å². The summed E-state index contributed by atoms with van der Waals surface area (Å²) in [6, 6.07) is 15.7. The predicted molar refractivity (Wildman–Crippen MR) is 115 cm³/mol. The first kappa shape index (κ1) is 20.9. The van der Waals surface area contributed by atoms with Crippen LogP contribution in [0.1, 0.15) is 44.2 Å². The second kappa shape index (κ2) is 10.1. The molecule has 0 bridgehead atoms. The van der Waals surface area contributed by atoms with Crippen molar-refractivity contribution >= 4 is 17.5 Å². The van der Waals surface area contributed by atoms with Crippen LogP contribution in [0.2, 0.25) is 0 Å². The molecule has 2 aromatic carbocycles. The second-order valence-electron chi connectivity index (χ2n) is 7.41. The van der Waals surface area contributed by atoms with E-state index in [0.717, 1.165) is 36.3 Å². The first-order valence-corrected chi connectivity index (χ1v) is 10.5. The third-order valence-corrected chi connectivity index (χ3v) is 5.33. The van der Waals surface area contributed by atoms with E-state index in [4.69, 9.17) is 4.74 Å². The van der Waals surface area contributed by atoms with Gasteiger partial charge < -0.3 is 15.0 Å². The van der Waals surface area contributed by atoms with Crippen LogP contribution in [0, 0.1) is 5.92 Å². The third-order valence-electron chi connectivity index (χ3n) is 5.33. The lowest BCUT2D eigenvalue weighted by molar-refractivity contribution is -0.132. The largest absolute Gasteiger partial charge is 0.494 e. The summed E-state index contributed by atoms with van der Waals surface area (Å²) in [5.41, 5.74) is 3.08. The van der Waals surface area contributed by atoms with Gasteiger partial charge in [-0.05, 0) is 54.7 Å². The van der Waals surface area contributed by atoms with Gasteiger partial charge in [0, 0.05) is 18.8 Å². The molecule has 1 heterocycles. The SMILES string of the molecule is CCCCOc1ccc(CNC(=O)[C@H]2CCN(c3ccc(CC)cc3)C2=O)cc1. The van der Waals surface area contributed by atoms with E-state index in [-0.39, 0.29) is 11.8 Å². The minimum absolute atomic E-state index is 0.119. The van der Waals surface area contributed by atoms with Crippen molar-refractivity contribution in [2.75, 3.05) is 18.1 Å². The normalized spacial score (nSPS) is 16.1. The first-order valence-electron chi connectivity index (χ1n) is 10.5. The van der Waals surface area contributed by atoms with Gasteiger partial charge in [-0.3, -0.25) is 9.59 Å². The molecule has 5 heteroatoms. The zero-order valence-electron chi connectivity index (χ0n) is 17.3. The van der Waals surface area contributed by atoms with Crippen LogP contribution in [-0.4, -0.2) is 25.0 Å². The van der Waals surface area contributed by atoms with Gasteiger partial charge in [-0.25, -0.2) is 0 Å². The standard InChI is InChI=1S/C24H30N2O3/c1-3-5-16-29-21-12-8-19(9-13-21)17-25-23(27)22-14-15-26(24(22)28)20-10-6-18(4-2)7-11-20/h6-13,22H,3-5,14-17H2,1-2H3,(H,25,27)/t22-/m1/s1. The molecule has 0 radical (unpaired) electrons. The van der Waals surface area contributed by atoms with Crippen LogP contribution in [0.15, 0.2) is 48.5 Å². The molecule has 154 valence electrons. The van der Waals surface area contributed by atoms with Gasteiger partial charge >= 0.3 is 0 Å². The topological polar surface area (TPSA) is 58.6 Å². The summed E-state index contributed by atoms with van der Waals surface area (Å²) < 4.78 is 5.65. The summed E-state index contributed by atoms with van der Waals surface area (Å²) in [5.74, 6) is -0.0981. The number of carbonyl (C=O) groups excluding carboxylic acids is 2. The van der Waals surface area contributed by atoms with Gasteiger partial charge in [-0.1, -0.05) is 44.5 Å². The Hall–Kier alpha value is -2.82. The predicted octanol–water partition coefficient (Wildman–Crippen LogP) is 4.10. The Morgan fingerprint density at radius 1 is 1.07 bits per heavy atom. The maximum absolute atomic E-state index is 12.7. The van der Waals surface area contributed by atoms with Gasteiger partial charge in [0.15, 0.2) is 0 Å². The lowest BCUT2D eigenvalue weighted by atomic mass is 10.1. The Morgan fingerprint density at radius 2 is 1.76 bits per heavy atom. The van der Waals surface area contributed by atoms with E-state index in [1.807, 2.05) is 48.5 Å². The molecular weight excluding hydrogens is 364 g/mol. The fraction of sp³-hybridized carbons (Fsp3) is 0.417. The number of rotatable bonds is 9. The molecule has 0 saturated carbocycles. The van der Waals surface area contributed by atoms with Crippen LogP contribution >= 0.6 is 0 Å². The average molecular weight is 395 g/mol. The number of hydrogen-bond acceptors (Lipinski definition) is 3. The fourth-order valence-corrected chi connectivity index (χ4v) is 3.44. The van der Waals surface area contributed by atoms with Gasteiger partial charge in [0.25, 0.3) is 0 Å². The maximum Gasteiger partial charge on any atom is 0.239 e. The lowest BCUT2D eigenvalue weighted by Gasteiger charge is -2.17. The maximum atomic E-state index is 12.7. The number of hydrogen-bond donors (Lipinski definition) is 1. The molecule has 29 heavy (non-hydrogen) atoms. The van der Waals surface area contributed by atoms with Crippen LogP contribution < -0.4 is 15.0 Å². The van der Waals surface area contributed by atoms with E-state index in [2.05, 4.69) is 19.2 Å². The number of carbonyl (C=O) groups is 2. The molecule has 0 spiro atoms. The molecule has 2 amide bonds. The van der Waals surface area contributed by atoms with Gasteiger partial charge in [0.05, 0.1) is 6.61 Å². The van der Waals surface area contributed by atoms with Gasteiger partial charge in [-0.15, -0.1) is 0 Å². The van der Waals surface area contributed by atoms with Crippen LogP contribution in [0.5, 0.6) is 5.75 Å². The number of anilines is 1. The zero-order valence-corrected chi connectivity index (χ0v) is 17.3. The van der Waals surface area contributed by atoms with Crippen LogP contribution in [0.25, 0.3) is 0 Å². The Morgan fingerprint density at radius 3 is 2.41 bits per heavy atom. The van der Waals surface area contributed by atoms with E-state index in [1.54, 1.807) is 4.90 Å². The Bertz CT molecular complexity index is 815. The van der Waals surface area contributed by atoms with Crippen molar-refractivity contribution in [2.45, 2.75) is 46.1 Å². The molecule has 1 fully saturated rings. The molecule has 3 rings (SSSR count). The highest BCUT2D eigenvalue weighted by Gasteiger charge is 2.37. The molecule has 1 aliphatic heterocycles. The van der Waals surface area contributed by atoms with Crippen molar-refractivity contribution in [3.63, 3.8) is 0 Å². The van der Waals surface area contributed by atoms with E-state index in [9.17, 15) is 9.59 Å². The van der Waals surface area contributed by atoms with E-state index >= 15 is 0 Å². The van der Waals surface area contributed by atoms with Crippen molar-refractivity contribution in [3.05, 3.63) is 59.7 Å². The molecule has 0 aromatic heterocycles. The third kappa shape index (κ3) is 5.37. The zero-order chi connectivity index (χ0) is 20.6. The highest BCUT2D eigenvalue weighted by molar-refractivity contribution is 6.09. The summed E-state index contributed by atoms with van der Waals surface area (Å²) in [5, 5.41) is 2.91. The summed E-state index contributed by atoms with van der Waals surface area (Å²) in [7, 11) is 0. The molecule has 0 aliphatic carbocycles. The quantitative estimate of drug-likeness (QED) is 0.515. The lowest BCUT2D eigenvalue weighted by Crippen LogP contribution is -2.36. The van der Waals surface area contributed by atoms with Crippen LogP contribution in [-0.2, 0) is 22.6 Å². The molecule has 5 nitrogen and oxygen atoms in total. The number of amides is 2. The Balaban J connectivity index is 1.51. The minimum atomic E-state index is -0.613. The molecule has 2 aromatic rings. The van der Waals surface area contributed by atoms with Crippen molar-refractivity contribution < 1.29 is 14.3 Å². The molecule has 1 saturated heterocycles. The molecule has 1 atom stereocenters. The van der Waals surface area contributed by atoms with Crippen LogP contribution in [0.4, 0.5) is 5.69 Å². The van der Waals surface area contributed by atoms with Gasteiger partial charge in [0.2, 0.25) is 11.8 Å². The fourth-order valence-electron chi connectivity index (χ4n) is 3.44. The van der Waals surface area contributed by atoms with Crippen LogP contribution in [0.3, 0.4) is 0 Å². The van der Waals surface area contributed by atoms with Crippen molar-refractivity contribution in [2.24, 2.45) is 5.92 Å². The number of nitrogens with zero attached hydrogens (tertiary/aromatic N) is 1. The van der Waals surface area contributed by atoms with Gasteiger partial charge in [-0.2, -0.15) is 0 Å². The monoisotopic (exact) mass is 394 g/mol. The summed E-state index contributed by atoms with van der Waals surface area (Å²) in [4.78, 5) is 27.0. The Kier molecular flexibility index (Phi) is 7.28. The molecule has 0 unspecified atom stereocenters. The number of ether oxygens (including phenoxy) is 1. The van der Waals surface area contributed by atoms with Crippen molar-refractivity contribution in [3.8, 4) is 5.75 Å². The summed E-state index contributed by atoms with van der Waals surface area (Å²) in [6.45, 7) is 5.93.